The Morgan fingerprint density at radius 2 is 2.04 bits per heavy atom. The van der Waals surface area contributed by atoms with Crippen LogP contribution in [0.2, 0.25) is 0 Å². The molecule has 1 aromatic carbocycles. The third-order valence-electron chi connectivity index (χ3n) is 3.48. The van der Waals surface area contributed by atoms with Gasteiger partial charge in [-0.05, 0) is 36.1 Å². The van der Waals surface area contributed by atoms with Gasteiger partial charge in [-0.2, -0.15) is 0 Å². The minimum atomic E-state index is -0.261. The van der Waals surface area contributed by atoms with Crippen LogP contribution in [0.15, 0.2) is 43.0 Å². The van der Waals surface area contributed by atoms with Gasteiger partial charge in [0.15, 0.2) is 11.5 Å². The van der Waals surface area contributed by atoms with Gasteiger partial charge >= 0.3 is 0 Å². The number of para-hydroxylation sites is 1. The van der Waals surface area contributed by atoms with E-state index in [4.69, 9.17) is 0 Å². The number of nitrogens with one attached hydrogen (secondary N) is 2. The van der Waals surface area contributed by atoms with Crippen LogP contribution in [0.5, 0.6) is 0 Å². The average Bonchev–Trinajstić information content (AvgIpc) is 2.55. The summed E-state index contributed by atoms with van der Waals surface area (Å²) in [6, 6.07) is 9.62. The van der Waals surface area contributed by atoms with E-state index in [2.05, 4.69) is 66.4 Å². The van der Waals surface area contributed by atoms with Crippen LogP contribution in [0.3, 0.4) is 0 Å². The summed E-state index contributed by atoms with van der Waals surface area (Å²) in [7, 11) is 0. The monoisotopic (exact) mass is 310 g/mol. The predicted octanol–water partition coefficient (Wildman–Crippen LogP) is 3.57. The lowest BCUT2D eigenvalue weighted by molar-refractivity contribution is 0.0952. The number of rotatable bonds is 6. The van der Waals surface area contributed by atoms with Crippen molar-refractivity contribution in [2.24, 2.45) is 0 Å². The number of anilines is 2. The second-order valence-electron chi connectivity index (χ2n) is 5.62. The molecule has 5 heteroatoms. The minimum Gasteiger partial charge on any atom is -0.347 e. The summed E-state index contributed by atoms with van der Waals surface area (Å²) in [6.07, 6.45) is 1.62. The van der Waals surface area contributed by atoms with Crippen molar-refractivity contribution in [3.63, 3.8) is 0 Å². The van der Waals surface area contributed by atoms with Crippen LogP contribution in [-0.2, 0) is 0 Å². The predicted molar refractivity (Wildman–Crippen MR) is 93.1 cm³/mol. The molecular weight excluding hydrogens is 288 g/mol. The van der Waals surface area contributed by atoms with Gasteiger partial charge in [0, 0.05) is 12.2 Å². The summed E-state index contributed by atoms with van der Waals surface area (Å²) in [5.74, 6) is 0.749. The fourth-order valence-electron chi connectivity index (χ4n) is 2.25. The number of nitrogens with zero attached hydrogens (tertiary/aromatic N) is 2. The lowest BCUT2D eigenvalue weighted by Gasteiger charge is -2.16. The SMILES string of the molecule is C=CCNC(=O)c1ccc(Nc2c(C)cccc2C(C)C)nn1. The molecule has 1 heterocycles. The molecule has 0 fully saturated rings. The van der Waals surface area contributed by atoms with Crippen molar-refractivity contribution >= 4 is 17.4 Å². The van der Waals surface area contributed by atoms with Crippen LogP contribution < -0.4 is 10.6 Å². The number of aryl methyl sites for hydroxylation is 1. The Morgan fingerprint density at radius 3 is 2.65 bits per heavy atom. The first-order chi connectivity index (χ1) is 11.0. The first-order valence-electron chi connectivity index (χ1n) is 7.62. The highest BCUT2D eigenvalue weighted by Crippen LogP contribution is 2.29. The second kappa shape index (κ2) is 7.54. The summed E-state index contributed by atoms with van der Waals surface area (Å²) in [6.45, 7) is 10.3. The van der Waals surface area contributed by atoms with Crippen molar-refractivity contribution in [1.29, 1.82) is 0 Å². The molecule has 0 bridgehead atoms. The highest BCUT2D eigenvalue weighted by molar-refractivity contribution is 5.92. The molecule has 0 saturated carbocycles. The van der Waals surface area contributed by atoms with Gasteiger partial charge in [-0.15, -0.1) is 16.8 Å². The van der Waals surface area contributed by atoms with Gasteiger partial charge in [0.05, 0.1) is 0 Å². The summed E-state index contributed by atoms with van der Waals surface area (Å²) < 4.78 is 0. The molecule has 0 atom stereocenters. The number of hydrogen-bond acceptors (Lipinski definition) is 4. The highest BCUT2D eigenvalue weighted by atomic mass is 16.1. The molecule has 0 saturated heterocycles. The van der Waals surface area contributed by atoms with Crippen molar-refractivity contribution in [2.45, 2.75) is 26.7 Å². The Balaban J connectivity index is 2.19. The van der Waals surface area contributed by atoms with Gasteiger partial charge in [-0.3, -0.25) is 4.79 Å². The summed E-state index contributed by atoms with van der Waals surface area (Å²) >= 11 is 0. The molecule has 0 radical (unpaired) electrons. The first kappa shape index (κ1) is 16.7. The Morgan fingerprint density at radius 1 is 1.26 bits per heavy atom. The molecule has 0 unspecified atom stereocenters. The van der Waals surface area contributed by atoms with Gasteiger partial charge < -0.3 is 10.6 Å². The molecule has 0 aliphatic carbocycles. The van der Waals surface area contributed by atoms with Crippen molar-refractivity contribution in [3.8, 4) is 0 Å². The van der Waals surface area contributed by atoms with Crippen molar-refractivity contribution in [1.82, 2.24) is 15.5 Å². The highest BCUT2D eigenvalue weighted by Gasteiger charge is 2.11. The lowest BCUT2D eigenvalue weighted by Crippen LogP contribution is -2.24. The van der Waals surface area contributed by atoms with Gasteiger partial charge in [-0.1, -0.05) is 38.1 Å². The molecule has 0 aliphatic heterocycles. The topological polar surface area (TPSA) is 66.9 Å². The number of aromatic nitrogens is 2. The quantitative estimate of drug-likeness (QED) is 0.801. The normalized spacial score (nSPS) is 10.4. The molecule has 0 spiro atoms. The maximum atomic E-state index is 11.8. The summed E-state index contributed by atoms with van der Waals surface area (Å²) in [4.78, 5) is 11.8. The molecule has 0 aliphatic rings. The van der Waals surface area contributed by atoms with Crippen LogP contribution in [-0.4, -0.2) is 22.6 Å². The van der Waals surface area contributed by atoms with Crippen molar-refractivity contribution in [2.75, 3.05) is 11.9 Å². The third kappa shape index (κ3) is 4.16. The zero-order valence-electron chi connectivity index (χ0n) is 13.8. The van der Waals surface area contributed by atoms with E-state index in [0.717, 1.165) is 11.3 Å². The lowest BCUT2D eigenvalue weighted by atomic mass is 9.98. The van der Waals surface area contributed by atoms with E-state index in [1.165, 1.54) is 5.56 Å². The fourth-order valence-corrected chi connectivity index (χ4v) is 2.25. The number of carbonyl (C=O) groups excluding carboxylic acids is 1. The largest absolute Gasteiger partial charge is 0.347 e. The fraction of sp³-hybridized carbons (Fsp3) is 0.278. The van der Waals surface area contributed by atoms with Crippen LogP contribution in [0, 0.1) is 6.92 Å². The minimum absolute atomic E-state index is 0.261. The molecule has 2 rings (SSSR count). The van der Waals surface area contributed by atoms with Gasteiger partial charge in [0.2, 0.25) is 0 Å². The number of amides is 1. The van der Waals surface area contributed by atoms with E-state index in [9.17, 15) is 4.79 Å². The number of carbonyl (C=O) groups is 1. The maximum Gasteiger partial charge on any atom is 0.272 e. The van der Waals surface area contributed by atoms with E-state index >= 15 is 0 Å². The zero-order chi connectivity index (χ0) is 16.8. The molecule has 1 amide bonds. The van der Waals surface area contributed by atoms with E-state index in [-0.39, 0.29) is 11.6 Å². The molecule has 2 N–H and O–H groups in total. The second-order valence-corrected chi connectivity index (χ2v) is 5.62. The maximum absolute atomic E-state index is 11.8. The molecular formula is C18H22N4O. The Labute approximate surface area is 136 Å². The Hall–Kier alpha value is -2.69. The standard InChI is InChI=1S/C18H22N4O/c1-5-11-19-18(23)15-9-10-16(22-21-15)20-17-13(4)7-6-8-14(17)12(2)3/h5-10,12H,1,11H2,2-4H3,(H,19,23)(H,20,22). The molecule has 1 aromatic heterocycles. The molecule has 120 valence electrons. The van der Waals surface area contributed by atoms with Crippen molar-refractivity contribution in [3.05, 3.63) is 59.8 Å². The zero-order valence-corrected chi connectivity index (χ0v) is 13.8. The molecule has 2 aromatic rings. The first-order valence-corrected chi connectivity index (χ1v) is 7.62. The van der Waals surface area contributed by atoms with Gasteiger partial charge in [0.1, 0.15) is 0 Å². The number of benzene rings is 1. The van der Waals surface area contributed by atoms with E-state index in [1.807, 2.05) is 0 Å². The van der Waals surface area contributed by atoms with Gasteiger partial charge in [-0.25, -0.2) is 0 Å². The average molecular weight is 310 g/mol. The Kier molecular flexibility index (Phi) is 5.46. The van der Waals surface area contributed by atoms with E-state index in [1.54, 1.807) is 18.2 Å². The van der Waals surface area contributed by atoms with Crippen molar-refractivity contribution < 1.29 is 4.79 Å². The molecule has 5 nitrogen and oxygen atoms in total. The van der Waals surface area contributed by atoms with Crippen LogP contribution in [0.4, 0.5) is 11.5 Å². The van der Waals surface area contributed by atoms with Crippen LogP contribution >= 0.6 is 0 Å². The van der Waals surface area contributed by atoms with E-state index < -0.39 is 0 Å². The molecule has 23 heavy (non-hydrogen) atoms. The Bertz CT molecular complexity index is 693. The summed E-state index contributed by atoms with van der Waals surface area (Å²) in [5.41, 5.74) is 3.69. The van der Waals surface area contributed by atoms with Crippen LogP contribution in [0.1, 0.15) is 41.4 Å². The van der Waals surface area contributed by atoms with Crippen LogP contribution in [0.25, 0.3) is 0 Å². The van der Waals surface area contributed by atoms with Gasteiger partial charge in [0.25, 0.3) is 5.91 Å². The summed E-state index contributed by atoms with van der Waals surface area (Å²) in [5, 5.41) is 14.1. The third-order valence-corrected chi connectivity index (χ3v) is 3.48. The smallest absolute Gasteiger partial charge is 0.272 e. The number of hydrogen-bond donors (Lipinski definition) is 2. The van der Waals surface area contributed by atoms with E-state index in [0.29, 0.717) is 18.3 Å².